The van der Waals surface area contributed by atoms with Gasteiger partial charge in [-0.15, -0.1) is 11.6 Å². The number of para-hydroxylation sites is 1. The number of alkyl halides is 1. The molecule has 0 aliphatic rings. The second kappa shape index (κ2) is 5.19. The van der Waals surface area contributed by atoms with E-state index in [1.807, 2.05) is 35.8 Å². The summed E-state index contributed by atoms with van der Waals surface area (Å²) in [6, 6.07) is 12.3. The zero-order chi connectivity index (χ0) is 14.3. The number of halogens is 3. The van der Waals surface area contributed by atoms with E-state index in [0.717, 1.165) is 15.7 Å². The van der Waals surface area contributed by atoms with Crippen LogP contribution in [0.15, 0.2) is 46.9 Å². The molecule has 0 N–H and O–H groups in total. The highest BCUT2D eigenvalue weighted by Crippen LogP contribution is 2.31. The first-order chi connectivity index (χ1) is 9.58. The number of benzene rings is 2. The molecule has 1 aromatic heterocycles. The van der Waals surface area contributed by atoms with Crippen LogP contribution in [0.4, 0.5) is 4.39 Å². The fraction of sp³-hybridized carbons (Fsp3) is 0.133. The lowest BCUT2D eigenvalue weighted by atomic mass is 10.2. The molecule has 20 heavy (non-hydrogen) atoms. The van der Waals surface area contributed by atoms with Gasteiger partial charge in [0, 0.05) is 10.5 Å². The number of nitrogens with zero attached hydrogens (tertiary/aromatic N) is 2. The van der Waals surface area contributed by atoms with Crippen LogP contribution in [0, 0.1) is 5.82 Å². The monoisotopic (exact) mass is 352 g/mol. The second-order valence-electron chi connectivity index (χ2n) is 4.51. The van der Waals surface area contributed by atoms with Crippen LogP contribution in [0.5, 0.6) is 0 Å². The summed E-state index contributed by atoms with van der Waals surface area (Å²) in [5, 5.41) is -0.280. The molecule has 1 heterocycles. The van der Waals surface area contributed by atoms with Gasteiger partial charge < -0.3 is 0 Å². The van der Waals surface area contributed by atoms with Gasteiger partial charge in [0.1, 0.15) is 11.6 Å². The Morgan fingerprint density at radius 2 is 2.00 bits per heavy atom. The van der Waals surface area contributed by atoms with Gasteiger partial charge >= 0.3 is 0 Å². The lowest BCUT2D eigenvalue weighted by Crippen LogP contribution is -2.02. The molecule has 0 radical (unpaired) electrons. The van der Waals surface area contributed by atoms with Crippen molar-refractivity contribution in [3.8, 4) is 5.69 Å². The van der Waals surface area contributed by atoms with Gasteiger partial charge in [-0.2, -0.15) is 0 Å². The molecule has 1 unspecified atom stereocenters. The van der Waals surface area contributed by atoms with Gasteiger partial charge in [-0.3, -0.25) is 4.57 Å². The predicted molar refractivity (Wildman–Crippen MR) is 83.0 cm³/mol. The molecule has 0 aliphatic carbocycles. The normalized spacial score (nSPS) is 12.8. The highest BCUT2D eigenvalue weighted by molar-refractivity contribution is 9.10. The molecule has 0 saturated carbocycles. The molecule has 3 rings (SSSR count). The molecule has 0 amide bonds. The third-order valence-corrected chi connectivity index (χ3v) is 3.96. The van der Waals surface area contributed by atoms with E-state index < -0.39 is 0 Å². The third kappa shape index (κ3) is 2.23. The number of fused-ring (bicyclic) bond motifs is 1. The molecule has 0 spiro atoms. The minimum absolute atomic E-state index is 0.280. The van der Waals surface area contributed by atoms with Gasteiger partial charge in [0.2, 0.25) is 0 Å². The van der Waals surface area contributed by atoms with E-state index in [-0.39, 0.29) is 11.2 Å². The topological polar surface area (TPSA) is 17.8 Å². The summed E-state index contributed by atoms with van der Waals surface area (Å²) < 4.78 is 16.4. The molecule has 0 saturated heterocycles. The quantitative estimate of drug-likeness (QED) is 0.577. The molecular formula is C15H11BrClFN2. The Balaban J connectivity index is 2.40. The summed E-state index contributed by atoms with van der Waals surface area (Å²) in [6.07, 6.45) is 0. The van der Waals surface area contributed by atoms with Crippen LogP contribution in [0.3, 0.4) is 0 Å². The first-order valence-electron chi connectivity index (χ1n) is 6.15. The van der Waals surface area contributed by atoms with Crippen LogP contribution in [0.2, 0.25) is 0 Å². The Kier molecular flexibility index (Phi) is 3.52. The Labute approximate surface area is 129 Å². The average molecular weight is 354 g/mol. The van der Waals surface area contributed by atoms with Crippen LogP contribution in [-0.2, 0) is 0 Å². The highest BCUT2D eigenvalue weighted by atomic mass is 79.9. The van der Waals surface area contributed by atoms with Crippen molar-refractivity contribution in [2.24, 2.45) is 0 Å². The van der Waals surface area contributed by atoms with Gasteiger partial charge in [-0.1, -0.05) is 12.1 Å². The third-order valence-electron chi connectivity index (χ3n) is 3.09. The van der Waals surface area contributed by atoms with Gasteiger partial charge in [0.25, 0.3) is 0 Å². The summed E-state index contributed by atoms with van der Waals surface area (Å²) in [4.78, 5) is 4.51. The Hall–Kier alpha value is -1.39. The maximum Gasteiger partial charge on any atom is 0.132 e. The van der Waals surface area contributed by atoms with Crippen molar-refractivity contribution in [3.05, 3.63) is 58.6 Å². The molecule has 2 nitrogen and oxygen atoms in total. The van der Waals surface area contributed by atoms with E-state index in [1.165, 1.54) is 12.1 Å². The SMILES string of the molecule is CC(Cl)c1nc2ccc(F)cc2n1-c1ccccc1Br. The van der Waals surface area contributed by atoms with E-state index in [4.69, 9.17) is 11.6 Å². The minimum Gasteiger partial charge on any atom is -0.294 e. The van der Waals surface area contributed by atoms with Crippen molar-refractivity contribution in [1.29, 1.82) is 0 Å². The number of aromatic nitrogens is 2. The summed E-state index contributed by atoms with van der Waals surface area (Å²) in [5.41, 5.74) is 2.33. The first kappa shape index (κ1) is 13.6. The van der Waals surface area contributed by atoms with Gasteiger partial charge in [0.15, 0.2) is 0 Å². The summed E-state index contributed by atoms with van der Waals surface area (Å²) >= 11 is 9.75. The van der Waals surface area contributed by atoms with Crippen LogP contribution < -0.4 is 0 Å². The molecule has 0 fully saturated rings. The summed E-state index contributed by atoms with van der Waals surface area (Å²) in [6.45, 7) is 1.85. The number of rotatable bonds is 2. The van der Waals surface area contributed by atoms with Crippen LogP contribution in [-0.4, -0.2) is 9.55 Å². The molecule has 0 bridgehead atoms. The Morgan fingerprint density at radius 1 is 1.25 bits per heavy atom. The fourth-order valence-electron chi connectivity index (χ4n) is 2.22. The number of hydrogen-bond acceptors (Lipinski definition) is 1. The molecule has 0 aliphatic heterocycles. The smallest absolute Gasteiger partial charge is 0.132 e. The summed E-state index contributed by atoms with van der Waals surface area (Å²) in [5.74, 6) is 0.402. The van der Waals surface area contributed by atoms with Gasteiger partial charge in [-0.05, 0) is 47.1 Å². The van der Waals surface area contributed by atoms with Crippen molar-refractivity contribution in [3.63, 3.8) is 0 Å². The maximum absolute atomic E-state index is 13.6. The molecule has 1 atom stereocenters. The van der Waals surface area contributed by atoms with Gasteiger partial charge in [-0.25, -0.2) is 9.37 Å². The van der Waals surface area contributed by atoms with E-state index in [9.17, 15) is 4.39 Å². The Morgan fingerprint density at radius 3 is 2.70 bits per heavy atom. The molecule has 3 aromatic rings. The van der Waals surface area contributed by atoms with Crippen LogP contribution in [0.25, 0.3) is 16.7 Å². The van der Waals surface area contributed by atoms with Crippen LogP contribution in [0.1, 0.15) is 18.1 Å². The lowest BCUT2D eigenvalue weighted by Gasteiger charge is -2.12. The highest BCUT2D eigenvalue weighted by Gasteiger charge is 2.18. The lowest BCUT2D eigenvalue weighted by molar-refractivity contribution is 0.629. The van der Waals surface area contributed by atoms with Crippen LogP contribution >= 0.6 is 27.5 Å². The zero-order valence-electron chi connectivity index (χ0n) is 10.6. The van der Waals surface area contributed by atoms with E-state index in [1.54, 1.807) is 6.07 Å². The standard InChI is InChI=1S/C15H11BrClFN2/c1-9(17)15-19-12-7-6-10(18)8-14(12)20(15)13-5-3-2-4-11(13)16/h2-9H,1H3. The van der Waals surface area contributed by atoms with E-state index in [2.05, 4.69) is 20.9 Å². The van der Waals surface area contributed by atoms with Crippen molar-refractivity contribution in [2.75, 3.05) is 0 Å². The predicted octanol–water partition coefficient (Wildman–Crippen LogP) is 5.23. The van der Waals surface area contributed by atoms with E-state index in [0.29, 0.717) is 11.3 Å². The number of imidazole rings is 1. The zero-order valence-corrected chi connectivity index (χ0v) is 13.0. The maximum atomic E-state index is 13.6. The fourth-order valence-corrected chi connectivity index (χ4v) is 2.83. The largest absolute Gasteiger partial charge is 0.294 e. The first-order valence-corrected chi connectivity index (χ1v) is 7.38. The summed E-state index contributed by atoms with van der Waals surface area (Å²) in [7, 11) is 0. The number of hydrogen-bond donors (Lipinski definition) is 0. The average Bonchev–Trinajstić information content (AvgIpc) is 2.78. The Bertz CT molecular complexity index is 783. The molecule has 2 aromatic carbocycles. The van der Waals surface area contributed by atoms with Crippen molar-refractivity contribution < 1.29 is 4.39 Å². The van der Waals surface area contributed by atoms with Crippen molar-refractivity contribution in [2.45, 2.75) is 12.3 Å². The van der Waals surface area contributed by atoms with Gasteiger partial charge in [0.05, 0.1) is 22.1 Å². The molecule has 5 heteroatoms. The molecule has 102 valence electrons. The van der Waals surface area contributed by atoms with Crippen molar-refractivity contribution in [1.82, 2.24) is 9.55 Å². The van der Waals surface area contributed by atoms with Crippen molar-refractivity contribution >= 4 is 38.6 Å². The minimum atomic E-state index is -0.292. The van der Waals surface area contributed by atoms with E-state index >= 15 is 0 Å². The second-order valence-corrected chi connectivity index (χ2v) is 6.01. The molecular weight excluding hydrogens is 343 g/mol.